The highest BCUT2D eigenvalue weighted by Crippen LogP contribution is 2.30. The first kappa shape index (κ1) is 22.8. The van der Waals surface area contributed by atoms with Gasteiger partial charge in [-0.1, -0.05) is 60.7 Å². The van der Waals surface area contributed by atoms with Crippen molar-refractivity contribution in [2.75, 3.05) is 12.4 Å². The van der Waals surface area contributed by atoms with Crippen molar-refractivity contribution in [3.8, 4) is 10.4 Å². The molecule has 0 fully saturated rings. The Bertz CT molecular complexity index is 1350. The van der Waals surface area contributed by atoms with Crippen LogP contribution < -0.4 is 5.32 Å². The van der Waals surface area contributed by atoms with Crippen molar-refractivity contribution in [1.29, 1.82) is 0 Å². The summed E-state index contributed by atoms with van der Waals surface area (Å²) in [5.74, 6) is -0.338. The van der Waals surface area contributed by atoms with Crippen LogP contribution in [0.3, 0.4) is 0 Å². The van der Waals surface area contributed by atoms with Crippen LogP contribution in [-0.4, -0.2) is 30.7 Å². The molecule has 0 aliphatic heterocycles. The second-order valence-corrected chi connectivity index (χ2v) is 10.7. The number of carbonyl (C=O) groups excluding carboxylic acids is 1. The van der Waals surface area contributed by atoms with Crippen molar-refractivity contribution >= 4 is 33.0 Å². The van der Waals surface area contributed by atoms with E-state index < -0.39 is 10.0 Å². The summed E-state index contributed by atoms with van der Waals surface area (Å²) in [6, 6.07) is 25.2. The molecule has 4 aromatic rings. The summed E-state index contributed by atoms with van der Waals surface area (Å²) < 4.78 is 27.2. The maximum Gasteiger partial charge on any atom is 0.275 e. The quantitative estimate of drug-likeness (QED) is 0.397. The standard InChI is InChI=1S/C25H23N3O3S2/c1-18-26-23(24(32-18)20-11-7-4-8-12-20)25(29)27-21-13-15-22(16-14-21)33(30,31)28(2)17-19-9-5-3-6-10-19/h3-16H,17H2,1-2H3,(H,27,29). The monoisotopic (exact) mass is 477 g/mol. The van der Waals surface area contributed by atoms with E-state index in [1.807, 2.05) is 67.6 Å². The summed E-state index contributed by atoms with van der Waals surface area (Å²) in [6.07, 6.45) is 0. The van der Waals surface area contributed by atoms with Gasteiger partial charge in [0.15, 0.2) is 0 Å². The molecular weight excluding hydrogens is 454 g/mol. The van der Waals surface area contributed by atoms with Crippen molar-refractivity contribution in [1.82, 2.24) is 9.29 Å². The first-order valence-corrected chi connectivity index (χ1v) is 12.5. The zero-order chi connectivity index (χ0) is 23.4. The van der Waals surface area contributed by atoms with Gasteiger partial charge in [0, 0.05) is 19.3 Å². The summed E-state index contributed by atoms with van der Waals surface area (Å²) in [5, 5.41) is 3.62. The Hall–Kier alpha value is -3.33. The van der Waals surface area contributed by atoms with Gasteiger partial charge >= 0.3 is 0 Å². The smallest absolute Gasteiger partial charge is 0.275 e. The second-order valence-electron chi connectivity index (χ2n) is 7.50. The van der Waals surface area contributed by atoms with Gasteiger partial charge in [-0.2, -0.15) is 4.31 Å². The SMILES string of the molecule is Cc1nc(C(=O)Nc2ccc(S(=O)(=O)N(C)Cc3ccccc3)cc2)c(-c2ccccc2)s1. The Labute approximate surface area is 197 Å². The highest BCUT2D eigenvalue weighted by molar-refractivity contribution is 7.89. The molecule has 0 saturated carbocycles. The minimum Gasteiger partial charge on any atom is -0.321 e. The minimum absolute atomic E-state index is 0.161. The molecule has 1 aromatic heterocycles. The Morgan fingerprint density at radius 1 is 0.939 bits per heavy atom. The maximum absolute atomic E-state index is 12.9. The summed E-state index contributed by atoms with van der Waals surface area (Å²) in [5.41, 5.74) is 2.67. The predicted octanol–water partition coefficient (Wildman–Crippen LogP) is 5.19. The van der Waals surface area contributed by atoms with Crippen molar-refractivity contribution in [3.63, 3.8) is 0 Å². The molecule has 0 aliphatic carbocycles. The van der Waals surface area contributed by atoms with E-state index in [1.165, 1.54) is 27.8 Å². The number of anilines is 1. The number of sulfonamides is 1. The Balaban J connectivity index is 1.50. The summed E-state index contributed by atoms with van der Waals surface area (Å²) in [7, 11) is -2.11. The number of benzene rings is 3. The van der Waals surface area contributed by atoms with Gasteiger partial charge in [0.05, 0.1) is 14.8 Å². The zero-order valence-corrected chi connectivity index (χ0v) is 19.9. The first-order chi connectivity index (χ1) is 15.8. The topological polar surface area (TPSA) is 79.4 Å². The van der Waals surface area contributed by atoms with Gasteiger partial charge in [-0.05, 0) is 42.3 Å². The molecule has 6 nitrogen and oxygen atoms in total. The van der Waals surface area contributed by atoms with Gasteiger partial charge < -0.3 is 5.32 Å². The Morgan fingerprint density at radius 3 is 2.18 bits per heavy atom. The normalized spacial score (nSPS) is 11.5. The predicted molar refractivity (Wildman–Crippen MR) is 132 cm³/mol. The second kappa shape index (κ2) is 9.66. The number of amides is 1. The molecule has 33 heavy (non-hydrogen) atoms. The third-order valence-electron chi connectivity index (χ3n) is 5.05. The average molecular weight is 478 g/mol. The number of hydrogen-bond donors (Lipinski definition) is 1. The number of hydrogen-bond acceptors (Lipinski definition) is 5. The zero-order valence-electron chi connectivity index (χ0n) is 18.2. The maximum atomic E-state index is 12.9. The molecule has 0 aliphatic rings. The molecule has 0 spiro atoms. The molecule has 8 heteroatoms. The Morgan fingerprint density at radius 2 is 1.55 bits per heavy atom. The van der Waals surface area contributed by atoms with Crippen LogP contribution in [0, 0.1) is 6.92 Å². The van der Waals surface area contributed by atoms with Gasteiger partial charge in [0.1, 0.15) is 5.69 Å². The van der Waals surface area contributed by atoms with Crippen LogP contribution in [0.5, 0.6) is 0 Å². The van der Waals surface area contributed by atoms with Gasteiger partial charge in [-0.25, -0.2) is 13.4 Å². The molecule has 0 unspecified atom stereocenters. The van der Waals surface area contributed by atoms with Crippen molar-refractivity contribution in [2.24, 2.45) is 0 Å². The van der Waals surface area contributed by atoms with Crippen LogP contribution in [0.4, 0.5) is 5.69 Å². The number of rotatable bonds is 7. The van der Waals surface area contributed by atoms with Gasteiger partial charge in [0.25, 0.3) is 5.91 Å². The van der Waals surface area contributed by atoms with E-state index in [4.69, 9.17) is 0 Å². The van der Waals surface area contributed by atoms with Crippen LogP contribution >= 0.6 is 11.3 Å². The lowest BCUT2D eigenvalue weighted by Gasteiger charge is -2.17. The fourth-order valence-electron chi connectivity index (χ4n) is 3.37. The van der Waals surface area contributed by atoms with E-state index in [1.54, 1.807) is 19.2 Å². The van der Waals surface area contributed by atoms with Crippen molar-refractivity contribution in [2.45, 2.75) is 18.4 Å². The molecule has 0 saturated heterocycles. The van der Waals surface area contributed by atoms with Crippen molar-refractivity contribution < 1.29 is 13.2 Å². The van der Waals surface area contributed by atoms with E-state index >= 15 is 0 Å². The van der Waals surface area contributed by atoms with E-state index in [2.05, 4.69) is 10.3 Å². The third-order valence-corrected chi connectivity index (χ3v) is 7.89. The summed E-state index contributed by atoms with van der Waals surface area (Å²) in [4.78, 5) is 18.3. The fraction of sp³-hybridized carbons (Fsp3) is 0.120. The number of aryl methyl sites for hydroxylation is 1. The molecule has 1 heterocycles. The largest absolute Gasteiger partial charge is 0.321 e. The molecular formula is C25H23N3O3S2. The van der Waals surface area contributed by atoms with E-state index in [-0.39, 0.29) is 17.3 Å². The van der Waals surface area contributed by atoms with Gasteiger partial charge in [0.2, 0.25) is 10.0 Å². The number of thiazole rings is 1. The van der Waals surface area contributed by atoms with Gasteiger partial charge in [-0.3, -0.25) is 4.79 Å². The fourth-order valence-corrected chi connectivity index (χ4v) is 5.45. The minimum atomic E-state index is -3.66. The molecule has 0 radical (unpaired) electrons. The average Bonchev–Trinajstić information content (AvgIpc) is 3.22. The summed E-state index contributed by atoms with van der Waals surface area (Å²) >= 11 is 1.46. The van der Waals surface area contributed by atoms with E-state index in [0.717, 1.165) is 21.0 Å². The molecule has 0 bridgehead atoms. The van der Waals surface area contributed by atoms with Crippen molar-refractivity contribution in [3.05, 3.63) is 101 Å². The highest BCUT2D eigenvalue weighted by atomic mass is 32.2. The lowest BCUT2D eigenvalue weighted by atomic mass is 10.1. The molecule has 0 atom stereocenters. The van der Waals surface area contributed by atoms with Crippen LogP contribution in [0.1, 0.15) is 21.1 Å². The molecule has 1 N–H and O–H groups in total. The highest BCUT2D eigenvalue weighted by Gasteiger charge is 2.22. The number of nitrogens with zero attached hydrogens (tertiary/aromatic N) is 2. The third kappa shape index (κ3) is 5.19. The van der Waals surface area contributed by atoms with Gasteiger partial charge in [-0.15, -0.1) is 11.3 Å². The van der Waals surface area contributed by atoms with E-state index in [9.17, 15) is 13.2 Å². The number of nitrogens with one attached hydrogen (secondary N) is 1. The van der Waals surface area contributed by atoms with E-state index in [0.29, 0.717) is 11.4 Å². The van der Waals surface area contributed by atoms with Crippen LogP contribution in [-0.2, 0) is 16.6 Å². The number of carbonyl (C=O) groups is 1. The number of aromatic nitrogens is 1. The first-order valence-electron chi connectivity index (χ1n) is 10.3. The Kier molecular flexibility index (Phi) is 6.69. The molecule has 4 rings (SSSR count). The molecule has 168 valence electrons. The van der Waals surface area contributed by atoms with Crippen LogP contribution in [0.25, 0.3) is 10.4 Å². The molecule has 3 aromatic carbocycles. The summed E-state index contributed by atoms with van der Waals surface area (Å²) in [6.45, 7) is 2.13. The lowest BCUT2D eigenvalue weighted by Crippen LogP contribution is -2.26. The lowest BCUT2D eigenvalue weighted by molar-refractivity contribution is 0.102. The van der Waals surface area contributed by atoms with Crippen LogP contribution in [0.15, 0.2) is 89.8 Å². The van der Waals surface area contributed by atoms with Crippen LogP contribution in [0.2, 0.25) is 0 Å². The molecule has 1 amide bonds.